The molecule has 1 fully saturated rings. The van der Waals surface area contributed by atoms with E-state index in [0.717, 1.165) is 25.2 Å². The van der Waals surface area contributed by atoms with Gasteiger partial charge >= 0.3 is 0 Å². The van der Waals surface area contributed by atoms with Crippen molar-refractivity contribution in [2.24, 2.45) is 5.41 Å². The van der Waals surface area contributed by atoms with Crippen molar-refractivity contribution in [3.05, 3.63) is 29.6 Å². The number of hydrogen-bond donors (Lipinski definition) is 1. The van der Waals surface area contributed by atoms with Crippen LogP contribution in [0.4, 0.5) is 10.1 Å². The molecule has 3 heteroatoms. The standard InChI is InChI=1S/C15H23FN2/c1-3-15(4-2)5-6-18(11-15)10-12-7-13(16)9-14(17)8-12/h7-9H,3-6,10-11,17H2,1-2H3. The monoisotopic (exact) mass is 250 g/mol. The first-order valence-corrected chi connectivity index (χ1v) is 6.84. The van der Waals surface area contributed by atoms with Crippen molar-refractivity contribution in [1.29, 1.82) is 0 Å². The maximum atomic E-state index is 13.3. The zero-order valence-corrected chi connectivity index (χ0v) is 11.4. The SMILES string of the molecule is CCC1(CC)CCN(Cc2cc(N)cc(F)c2)C1. The van der Waals surface area contributed by atoms with E-state index in [1.165, 1.54) is 25.3 Å². The van der Waals surface area contributed by atoms with Gasteiger partial charge in [-0.3, -0.25) is 4.90 Å². The molecule has 0 aromatic heterocycles. The lowest BCUT2D eigenvalue weighted by atomic mass is 9.82. The van der Waals surface area contributed by atoms with Gasteiger partial charge in [0.05, 0.1) is 0 Å². The normalized spacial score (nSPS) is 19.3. The molecule has 100 valence electrons. The van der Waals surface area contributed by atoms with Gasteiger partial charge in [-0.15, -0.1) is 0 Å². The van der Waals surface area contributed by atoms with Crippen LogP contribution < -0.4 is 5.73 Å². The molecule has 0 aliphatic carbocycles. The van der Waals surface area contributed by atoms with E-state index in [2.05, 4.69) is 18.7 Å². The van der Waals surface area contributed by atoms with Crippen LogP contribution in [0.25, 0.3) is 0 Å². The topological polar surface area (TPSA) is 29.3 Å². The maximum Gasteiger partial charge on any atom is 0.125 e. The minimum Gasteiger partial charge on any atom is -0.399 e. The second-order valence-electron chi connectivity index (χ2n) is 5.56. The van der Waals surface area contributed by atoms with Crippen LogP contribution in [0.15, 0.2) is 18.2 Å². The molecule has 2 N–H and O–H groups in total. The van der Waals surface area contributed by atoms with E-state index in [0.29, 0.717) is 11.1 Å². The molecule has 0 amide bonds. The third-order valence-corrected chi connectivity index (χ3v) is 4.40. The van der Waals surface area contributed by atoms with E-state index in [1.807, 2.05) is 6.07 Å². The molecule has 0 bridgehead atoms. The van der Waals surface area contributed by atoms with Crippen molar-refractivity contribution in [2.45, 2.75) is 39.7 Å². The van der Waals surface area contributed by atoms with Crippen molar-refractivity contribution in [1.82, 2.24) is 4.90 Å². The lowest BCUT2D eigenvalue weighted by Crippen LogP contribution is -2.26. The summed E-state index contributed by atoms with van der Waals surface area (Å²) in [5.74, 6) is -0.235. The van der Waals surface area contributed by atoms with Gasteiger partial charge in [0.25, 0.3) is 0 Å². The average molecular weight is 250 g/mol. The summed E-state index contributed by atoms with van der Waals surface area (Å²) >= 11 is 0. The second-order valence-corrected chi connectivity index (χ2v) is 5.56. The van der Waals surface area contributed by atoms with Crippen molar-refractivity contribution < 1.29 is 4.39 Å². The molecule has 1 heterocycles. The summed E-state index contributed by atoms with van der Waals surface area (Å²) in [7, 11) is 0. The maximum absolute atomic E-state index is 13.3. The van der Waals surface area contributed by atoms with Gasteiger partial charge in [-0.1, -0.05) is 13.8 Å². The zero-order chi connectivity index (χ0) is 13.2. The first kappa shape index (κ1) is 13.3. The van der Waals surface area contributed by atoms with Crippen LogP contribution in [0.5, 0.6) is 0 Å². The Morgan fingerprint density at radius 1 is 1.28 bits per heavy atom. The fourth-order valence-electron chi connectivity index (χ4n) is 3.01. The number of nitrogens with zero attached hydrogens (tertiary/aromatic N) is 1. The Labute approximate surface area is 109 Å². The molecule has 1 aromatic carbocycles. The number of halogens is 1. The van der Waals surface area contributed by atoms with E-state index in [4.69, 9.17) is 5.73 Å². The van der Waals surface area contributed by atoms with Crippen molar-refractivity contribution in [2.75, 3.05) is 18.8 Å². The highest BCUT2D eigenvalue weighted by molar-refractivity contribution is 5.41. The molecule has 1 saturated heterocycles. The predicted molar refractivity (Wildman–Crippen MR) is 73.7 cm³/mol. The molecular weight excluding hydrogens is 227 g/mol. The number of likely N-dealkylation sites (tertiary alicyclic amines) is 1. The van der Waals surface area contributed by atoms with Crippen LogP contribution in [0, 0.1) is 11.2 Å². The molecule has 0 spiro atoms. The quantitative estimate of drug-likeness (QED) is 0.830. The second kappa shape index (κ2) is 5.27. The molecule has 0 unspecified atom stereocenters. The van der Waals surface area contributed by atoms with Crippen LogP contribution in [-0.2, 0) is 6.54 Å². The molecule has 1 aliphatic heterocycles. The third-order valence-electron chi connectivity index (χ3n) is 4.40. The highest BCUT2D eigenvalue weighted by atomic mass is 19.1. The lowest BCUT2D eigenvalue weighted by molar-refractivity contribution is 0.236. The van der Waals surface area contributed by atoms with Gasteiger partial charge in [0.1, 0.15) is 5.82 Å². The van der Waals surface area contributed by atoms with Crippen LogP contribution in [0.3, 0.4) is 0 Å². The Kier molecular flexibility index (Phi) is 3.91. The molecule has 2 rings (SSSR count). The number of benzene rings is 1. The van der Waals surface area contributed by atoms with E-state index in [-0.39, 0.29) is 5.82 Å². The Bertz CT molecular complexity index is 393. The van der Waals surface area contributed by atoms with Crippen LogP contribution in [0.1, 0.15) is 38.7 Å². The minimum atomic E-state index is -0.235. The predicted octanol–water partition coefficient (Wildman–Crippen LogP) is 3.42. The zero-order valence-electron chi connectivity index (χ0n) is 11.4. The third kappa shape index (κ3) is 2.83. The smallest absolute Gasteiger partial charge is 0.125 e. The van der Waals surface area contributed by atoms with Gasteiger partial charge in [0.2, 0.25) is 0 Å². The molecule has 0 saturated carbocycles. The van der Waals surface area contributed by atoms with E-state index in [9.17, 15) is 4.39 Å². The molecule has 0 radical (unpaired) electrons. The molecule has 18 heavy (non-hydrogen) atoms. The minimum absolute atomic E-state index is 0.235. The number of nitrogen functional groups attached to an aromatic ring is 1. The highest BCUT2D eigenvalue weighted by Gasteiger charge is 2.34. The van der Waals surface area contributed by atoms with Crippen LogP contribution in [0.2, 0.25) is 0 Å². The van der Waals surface area contributed by atoms with E-state index >= 15 is 0 Å². The van der Waals surface area contributed by atoms with Crippen molar-refractivity contribution >= 4 is 5.69 Å². The molecule has 2 nitrogen and oxygen atoms in total. The first-order valence-electron chi connectivity index (χ1n) is 6.84. The Morgan fingerprint density at radius 2 is 2.00 bits per heavy atom. The number of anilines is 1. The van der Waals surface area contributed by atoms with E-state index in [1.54, 1.807) is 6.07 Å². The molecule has 1 aromatic rings. The molecule has 0 atom stereocenters. The summed E-state index contributed by atoms with van der Waals surface area (Å²) in [5, 5.41) is 0. The summed E-state index contributed by atoms with van der Waals surface area (Å²) in [6.07, 6.45) is 3.71. The lowest BCUT2D eigenvalue weighted by Gasteiger charge is -2.26. The van der Waals surface area contributed by atoms with Gasteiger partial charge in [-0.25, -0.2) is 4.39 Å². The molecular formula is C15H23FN2. The van der Waals surface area contributed by atoms with Gasteiger partial charge in [-0.05, 0) is 55.0 Å². The van der Waals surface area contributed by atoms with Gasteiger partial charge < -0.3 is 5.73 Å². The van der Waals surface area contributed by atoms with Crippen LogP contribution >= 0.6 is 0 Å². The van der Waals surface area contributed by atoms with Crippen molar-refractivity contribution in [3.8, 4) is 0 Å². The average Bonchev–Trinajstić information content (AvgIpc) is 2.72. The Hall–Kier alpha value is -1.09. The number of nitrogens with two attached hydrogens (primary N) is 1. The summed E-state index contributed by atoms with van der Waals surface area (Å²) in [5.41, 5.74) is 7.65. The van der Waals surface area contributed by atoms with Gasteiger partial charge in [-0.2, -0.15) is 0 Å². The van der Waals surface area contributed by atoms with Crippen molar-refractivity contribution in [3.63, 3.8) is 0 Å². The van der Waals surface area contributed by atoms with Gasteiger partial charge in [0, 0.05) is 18.8 Å². The Balaban J connectivity index is 2.03. The highest BCUT2D eigenvalue weighted by Crippen LogP contribution is 2.37. The Morgan fingerprint density at radius 3 is 2.56 bits per heavy atom. The first-order chi connectivity index (χ1) is 8.57. The summed E-state index contributed by atoms with van der Waals surface area (Å²) < 4.78 is 13.3. The summed E-state index contributed by atoms with van der Waals surface area (Å²) in [6.45, 7) is 7.58. The largest absolute Gasteiger partial charge is 0.399 e. The molecule has 1 aliphatic rings. The van der Waals surface area contributed by atoms with Gasteiger partial charge in [0.15, 0.2) is 0 Å². The fourth-order valence-corrected chi connectivity index (χ4v) is 3.01. The van der Waals surface area contributed by atoms with Crippen LogP contribution in [-0.4, -0.2) is 18.0 Å². The summed E-state index contributed by atoms with van der Waals surface area (Å²) in [6, 6.07) is 4.84. The fraction of sp³-hybridized carbons (Fsp3) is 0.600. The number of rotatable bonds is 4. The van der Waals surface area contributed by atoms with E-state index < -0.39 is 0 Å². The number of hydrogen-bond acceptors (Lipinski definition) is 2. The summed E-state index contributed by atoms with van der Waals surface area (Å²) in [4.78, 5) is 2.42.